The minimum absolute atomic E-state index is 0.122. The lowest BCUT2D eigenvalue weighted by Gasteiger charge is -2.32. The number of nitrogens with zero attached hydrogens (tertiary/aromatic N) is 1. The molecule has 15 heavy (non-hydrogen) atoms. The Bertz CT molecular complexity index is 201. The highest BCUT2D eigenvalue weighted by Crippen LogP contribution is 2.09. The number of hydrogen-bond donors (Lipinski definition) is 1. The van der Waals surface area contributed by atoms with Crippen LogP contribution < -0.4 is 0 Å². The highest BCUT2D eigenvalue weighted by atomic mass is 32.2. The average molecular weight is 233 g/mol. The number of carbonyl (C=O) groups is 1. The Labute approximate surface area is 95.0 Å². The second-order valence-corrected chi connectivity index (χ2v) is 4.98. The topological polar surface area (TPSA) is 49.8 Å². The zero-order valence-electron chi connectivity index (χ0n) is 9.15. The first-order valence-corrected chi connectivity index (χ1v) is 6.51. The van der Waals surface area contributed by atoms with Gasteiger partial charge in [0, 0.05) is 25.4 Å². The molecule has 1 aliphatic heterocycles. The molecule has 0 aromatic rings. The normalized spacial score (nSPS) is 22.9. The molecule has 1 N–H and O–H groups in total. The highest BCUT2D eigenvalue weighted by Gasteiger charge is 2.21. The minimum Gasteiger partial charge on any atom is -0.481 e. The highest BCUT2D eigenvalue weighted by molar-refractivity contribution is 7.99. The van der Waals surface area contributed by atoms with Gasteiger partial charge >= 0.3 is 5.97 Å². The summed E-state index contributed by atoms with van der Waals surface area (Å²) in [6.45, 7) is 5.54. The molecule has 0 amide bonds. The first-order valence-electron chi connectivity index (χ1n) is 5.36. The third-order valence-corrected chi connectivity index (χ3v) is 3.26. The van der Waals surface area contributed by atoms with E-state index in [1.54, 1.807) is 0 Å². The molecule has 5 heteroatoms. The first-order chi connectivity index (χ1) is 7.22. The Morgan fingerprint density at radius 3 is 3.13 bits per heavy atom. The van der Waals surface area contributed by atoms with Crippen molar-refractivity contribution in [1.82, 2.24) is 4.90 Å². The molecule has 0 saturated carbocycles. The number of hydrogen-bond acceptors (Lipinski definition) is 4. The Morgan fingerprint density at radius 2 is 2.47 bits per heavy atom. The van der Waals surface area contributed by atoms with E-state index in [1.807, 2.05) is 11.8 Å². The standard InChI is InChI=1S/C10H19NO3S/c1-2-15-6-4-11-3-5-14-9(8-11)7-10(12)13/h9H,2-8H2,1H3,(H,12,13). The van der Waals surface area contributed by atoms with Gasteiger partial charge in [0.15, 0.2) is 0 Å². The van der Waals surface area contributed by atoms with Crippen molar-refractivity contribution in [2.75, 3.05) is 37.7 Å². The van der Waals surface area contributed by atoms with E-state index in [0.717, 1.165) is 31.1 Å². The molecule has 1 saturated heterocycles. The zero-order chi connectivity index (χ0) is 11.1. The summed E-state index contributed by atoms with van der Waals surface area (Å²) in [5.41, 5.74) is 0. The third-order valence-electron chi connectivity index (χ3n) is 2.38. The van der Waals surface area contributed by atoms with Gasteiger partial charge in [-0.15, -0.1) is 0 Å². The largest absolute Gasteiger partial charge is 0.481 e. The third kappa shape index (κ3) is 5.39. The van der Waals surface area contributed by atoms with Crippen LogP contribution in [0.4, 0.5) is 0 Å². The molecule has 4 nitrogen and oxygen atoms in total. The quantitative estimate of drug-likeness (QED) is 0.691. The number of carboxylic acids is 1. The van der Waals surface area contributed by atoms with Crippen molar-refractivity contribution in [2.45, 2.75) is 19.4 Å². The number of carboxylic acid groups (broad SMARTS) is 1. The fourth-order valence-electron chi connectivity index (χ4n) is 1.64. The maximum absolute atomic E-state index is 10.5. The van der Waals surface area contributed by atoms with E-state index < -0.39 is 5.97 Å². The van der Waals surface area contributed by atoms with Crippen molar-refractivity contribution in [1.29, 1.82) is 0 Å². The molecule has 88 valence electrons. The molecule has 1 unspecified atom stereocenters. The molecule has 0 aromatic heterocycles. The van der Waals surface area contributed by atoms with Crippen LogP contribution in [0.1, 0.15) is 13.3 Å². The summed E-state index contributed by atoms with van der Waals surface area (Å²) in [4.78, 5) is 12.8. The number of aliphatic carboxylic acids is 1. The van der Waals surface area contributed by atoms with Crippen LogP contribution in [-0.2, 0) is 9.53 Å². The molecule has 1 aliphatic rings. The Hall–Kier alpha value is -0.260. The van der Waals surface area contributed by atoms with Gasteiger partial charge in [0.1, 0.15) is 0 Å². The predicted molar refractivity (Wildman–Crippen MR) is 61.4 cm³/mol. The van der Waals surface area contributed by atoms with Crippen molar-refractivity contribution in [2.24, 2.45) is 0 Å². The SMILES string of the molecule is CCSCCN1CCOC(CC(=O)O)C1. The molecular weight excluding hydrogens is 214 g/mol. The summed E-state index contributed by atoms with van der Waals surface area (Å²) >= 11 is 1.92. The van der Waals surface area contributed by atoms with E-state index in [1.165, 1.54) is 0 Å². The van der Waals surface area contributed by atoms with E-state index in [4.69, 9.17) is 9.84 Å². The van der Waals surface area contributed by atoms with E-state index in [0.29, 0.717) is 6.61 Å². The van der Waals surface area contributed by atoms with Crippen molar-refractivity contribution in [3.05, 3.63) is 0 Å². The summed E-state index contributed by atoms with van der Waals surface area (Å²) < 4.78 is 5.40. The van der Waals surface area contributed by atoms with Gasteiger partial charge in [-0.3, -0.25) is 9.69 Å². The van der Waals surface area contributed by atoms with E-state index in [9.17, 15) is 4.79 Å². The fourth-order valence-corrected chi connectivity index (χ4v) is 2.32. The van der Waals surface area contributed by atoms with Crippen LogP contribution in [0, 0.1) is 0 Å². The molecular formula is C10H19NO3S. The van der Waals surface area contributed by atoms with Crippen LogP contribution in [0.5, 0.6) is 0 Å². The van der Waals surface area contributed by atoms with Crippen molar-refractivity contribution in [3.8, 4) is 0 Å². The fraction of sp³-hybridized carbons (Fsp3) is 0.900. The summed E-state index contributed by atoms with van der Waals surface area (Å²) in [5.74, 6) is 1.49. The van der Waals surface area contributed by atoms with Gasteiger partial charge in [-0.1, -0.05) is 6.92 Å². The number of rotatable bonds is 6. The van der Waals surface area contributed by atoms with Crippen LogP contribution in [0.15, 0.2) is 0 Å². The van der Waals surface area contributed by atoms with Crippen molar-refractivity contribution >= 4 is 17.7 Å². The number of morpholine rings is 1. The Morgan fingerprint density at radius 1 is 1.67 bits per heavy atom. The maximum Gasteiger partial charge on any atom is 0.306 e. The monoisotopic (exact) mass is 233 g/mol. The van der Waals surface area contributed by atoms with Crippen LogP contribution in [0.3, 0.4) is 0 Å². The van der Waals surface area contributed by atoms with Crippen LogP contribution in [0.25, 0.3) is 0 Å². The van der Waals surface area contributed by atoms with Gasteiger partial charge in [-0.05, 0) is 5.75 Å². The molecule has 1 heterocycles. The van der Waals surface area contributed by atoms with E-state index in [-0.39, 0.29) is 12.5 Å². The predicted octanol–water partition coefficient (Wildman–Crippen LogP) is 0.915. The molecule has 1 atom stereocenters. The van der Waals surface area contributed by atoms with Gasteiger partial charge in [0.2, 0.25) is 0 Å². The van der Waals surface area contributed by atoms with Gasteiger partial charge in [0.25, 0.3) is 0 Å². The second-order valence-electron chi connectivity index (χ2n) is 3.59. The van der Waals surface area contributed by atoms with Crippen molar-refractivity contribution in [3.63, 3.8) is 0 Å². The van der Waals surface area contributed by atoms with Gasteiger partial charge in [0.05, 0.1) is 19.1 Å². The van der Waals surface area contributed by atoms with Crippen molar-refractivity contribution < 1.29 is 14.6 Å². The molecule has 0 bridgehead atoms. The van der Waals surface area contributed by atoms with Crippen LogP contribution >= 0.6 is 11.8 Å². The molecule has 0 radical (unpaired) electrons. The molecule has 0 spiro atoms. The molecule has 0 aromatic carbocycles. The summed E-state index contributed by atoms with van der Waals surface area (Å²) in [6.07, 6.45) is 0.000105. The van der Waals surface area contributed by atoms with Crippen LogP contribution in [0.2, 0.25) is 0 Å². The average Bonchev–Trinajstić information content (AvgIpc) is 2.18. The van der Waals surface area contributed by atoms with Crippen LogP contribution in [-0.4, -0.2) is 59.8 Å². The summed E-state index contributed by atoms with van der Waals surface area (Å²) in [7, 11) is 0. The van der Waals surface area contributed by atoms with E-state index in [2.05, 4.69) is 11.8 Å². The maximum atomic E-state index is 10.5. The lowest BCUT2D eigenvalue weighted by molar-refractivity contribution is -0.142. The molecule has 1 fully saturated rings. The Balaban J connectivity index is 2.19. The number of thioether (sulfide) groups is 1. The Kier molecular flexibility index (Phi) is 6.05. The van der Waals surface area contributed by atoms with Gasteiger partial charge in [-0.25, -0.2) is 0 Å². The smallest absolute Gasteiger partial charge is 0.306 e. The minimum atomic E-state index is -0.773. The second kappa shape index (κ2) is 7.09. The van der Waals surface area contributed by atoms with Gasteiger partial charge in [-0.2, -0.15) is 11.8 Å². The zero-order valence-corrected chi connectivity index (χ0v) is 9.96. The lowest BCUT2D eigenvalue weighted by Crippen LogP contribution is -2.44. The number of ether oxygens (including phenoxy) is 1. The molecule has 0 aliphatic carbocycles. The van der Waals surface area contributed by atoms with E-state index >= 15 is 0 Å². The molecule has 1 rings (SSSR count). The first kappa shape index (κ1) is 12.8. The summed E-state index contributed by atoms with van der Waals surface area (Å²) in [5, 5.41) is 8.66. The summed E-state index contributed by atoms with van der Waals surface area (Å²) in [6, 6.07) is 0. The van der Waals surface area contributed by atoms with Gasteiger partial charge < -0.3 is 9.84 Å². The lowest BCUT2D eigenvalue weighted by atomic mass is 10.2.